The van der Waals surface area contributed by atoms with Crippen LogP contribution in [0.25, 0.3) is 0 Å². The van der Waals surface area contributed by atoms with E-state index in [2.05, 4.69) is 23.9 Å². The van der Waals surface area contributed by atoms with Crippen LogP contribution in [0.15, 0.2) is 29.4 Å². The number of anilines is 1. The number of nitrogens with zero attached hydrogens (tertiary/aromatic N) is 5. The van der Waals surface area contributed by atoms with Gasteiger partial charge in [0.15, 0.2) is 16.8 Å². The highest BCUT2D eigenvalue weighted by molar-refractivity contribution is 7.98. The van der Waals surface area contributed by atoms with Crippen molar-refractivity contribution in [2.24, 2.45) is 0 Å². The first-order valence-electron chi connectivity index (χ1n) is 9.95. The number of rotatable bonds is 9. The fourth-order valence-corrected chi connectivity index (χ4v) is 4.35. The summed E-state index contributed by atoms with van der Waals surface area (Å²) >= 11 is 2.62. The average Bonchev–Trinajstić information content (AvgIpc) is 2.79. The quantitative estimate of drug-likeness (QED) is 0.329. The summed E-state index contributed by atoms with van der Waals surface area (Å²) in [4.78, 5) is 24.3. The zero-order chi connectivity index (χ0) is 23.1. The highest BCUT2D eigenvalue weighted by Gasteiger charge is 2.20. The summed E-state index contributed by atoms with van der Waals surface area (Å²) in [6, 6.07) is 5.77. The Kier molecular flexibility index (Phi) is 8.91. The first-order chi connectivity index (χ1) is 15.4. The van der Waals surface area contributed by atoms with Gasteiger partial charge in [0.25, 0.3) is 0 Å². The number of nitrogens with one attached hydrogen (secondary N) is 1. The maximum absolute atomic E-state index is 13.9. The van der Waals surface area contributed by atoms with Crippen molar-refractivity contribution in [3.8, 4) is 5.88 Å². The second kappa shape index (κ2) is 11.6. The van der Waals surface area contributed by atoms with Gasteiger partial charge in [-0.2, -0.15) is 4.98 Å². The number of methoxy groups -OCH3 is 1. The van der Waals surface area contributed by atoms with Crippen molar-refractivity contribution in [1.82, 2.24) is 24.1 Å². The Morgan fingerprint density at radius 2 is 1.97 bits per heavy atom. The van der Waals surface area contributed by atoms with Gasteiger partial charge in [0.05, 0.1) is 13.7 Å². The molecule has 0 saturated carbocycles. The zero-order valence-corrected chi connectivity index (χ0v) is 19.8. The maximum Gasteiger partial charge on any atom is 0.236 e. The highest BCUT2D eigenvalue weighted by atomic mass is 32.2. The second-order valence-corrected chi connectivity index (χ2v) is 9.11. The molecule has 12 heteroatoms. The lowest BCUT2D eigenvalue weighted by Gasteiger charge is -2.33. The minimum Gasteiger partial charge on any atom is -0.481 e. The standard InChI is InChI=1S/C20H26F2N6O2S2/c1-26(2)18(29)12-27-7-9-28(10-8-27)32-25-16-11-17(30-3)24-20(23-16)31-13-14-5-4-6-15(21)19(14)22/h4-6,11H,7-10,12-13H2,1-3H3,(H,23,24,25). The Bertz CT molecular complexity index is 929. The predicted molar refractivity (Wildman–Crippen MR) is 122 cm³/mol. The smallest absolute Gasteiger partial charge is 0.236 e. The van der Waals surface area contributed by atoms with Gasteiger partial charge in [-0.3, -0.25) is 9.69 Å². The lowest BCUT2D eigenvalue weighted by atomic mass is 10.2. The third kappa shape index (κ3) is 6.92. The average molecular weight is 485 g/mol. The van der Waals surface area contributed by atoms with Gasteiger partial charge < -0.3 is 14.4 Å². The molecule has 0 bridgehead atoms. The van der Waals surface area contributed by atoms with E-state index >= 15 is 0 Å². The van der Waals surface area contributed by atoms with Crippen LogP contribution < -0.4 is 9.46 Å². The van der Waals surface area contributed by atoms with Gasteiger partial charge >= 0.3 is 0 Å². The molecule has 0 unspecified atom stereocenters. The summed E-state index contributed by atoms with van der Waals surface area (Å²) in [5.41, 5.74) is 0.246. The number of thioether (sulfide) groups is 1. The number of likely N-dealkylation sites (N-methyl/N-ethyl adjacent to an activating group) is 1. The Balaban J connectivity index is 1.53. The van der Waals surface area contributed by atoms with Crippen LogP contribution in [-0.4, -0.2) is 83.9 Å². The number of hydrogen-bond donors (Lipinski definition) is 1. The van der Waals surface area contributed by atoms with Crippen molar-refractivity contribution in [2.45, 2.75) is 10.9 Å². The molecule has 8 nitrogen and oxygen atoms in total. The number of hydrogen-bond acceptors (Lipinski definition) is 9. The van der Waals surface area contributed by atoms with E-state index in [0.717, 1.165) is 32.2 Å². The van der Waals surface area contributed by atoms with E-state index in [0.29, 0.717) is 23.4 Å². The molecule has 1 amide bonds. The maximum atomic E-state index is 13.9. The topological polar surface area (TPSA) is 73.8 Å². The molecule has 1 saturated heterocycles. The third-order valence-electron chi connectivity index (χ3n) is 4.75. The van der Waals surface area contributed by atoms with E-state index in [1.807, 2.05) is 0 Å². The first-order valence-corrected chi connectivity index (χ1v) is 11.7. The Morgan fingerprint density at radius 3 is 2.66 bits per heavy atom. The second-order valence-electron chi connectivity index (χ2n) is 7.27. The van der Waals surface area contributed by atoms with Crippen LogP contribution in [0.3, 0.4) is 0 Å². The Labute approximate surface area is 195 Å². The van der Waals surface area contributed by atoms with Crippen LogP contribution in [0.4, 0.5) is 14.6 Å². The minimum atomic E-state index is -0.875. The number of aromatic nitrogens is 2. The summed E-state index contributed by atoms with van der Waals surface area (Å²) < 4.78 is 37.9. The lowest BCUT2D eigenvalue weighted by molar-refractivity contribution is -0.130. The van der Waals surface area contributed by atoms with E-state index in [4.69, 9.17) is 4.74 Å². The molecule has 0 spiro atoms. The number of ether oxygens (including phenoxy) is 1. The van der Waals surface area contributed by atoms with Crippen molar-refractivity contribution < 1.29 is 18.3 Å². The fraction of sp³-hybridized carbons (Fsp3) is 0.450. The molecular formula is C20H26F2N6O2S2. The van der Waals surface area contributed by atoms with Crippen molar-refractivity contribution >= 4 is 35.6 Å². The molecule has 3 rings (SSSR count). The monoisotopic (exact) mass is 484 g/mol. The summed E-state index contributed by atoms with van der Waals surface area (Å²) in [5.74, 6) is -0.522. The van der Waals surface area contributed by atoms with Gasteiger partial charge in [0.1, 0.15) is 5.82 Å². The number of amides is 1. The summed E-state index contributed by atoms with van der Waals surface area (Å²) in [6.45, 7) is 3.60. The fourth-order valence-electron chi connectivity index (χ4n) is 2.85. The largest absolute Gasteiger partial charge is 0.481 e. The van der Waals surface area contributed by atoms with Crippen LogP contribution in [0.1, 0.15) is 5.56 Å². The van der Waals surface area contributed by atoms with Gasteiger partial charge in [-0.15, -0.1) is 0 Å². The Hall–Kier alpha value is -2.15. The van der Waals surface area contributed by atoms with Gasteiger partial charge in [0, 0.05) is 69.8 Å². The molecule has 1 N–H and O–H groups in total. The first kappa shape index (κ1) is 24.5. The lowest BCUT2D eigenvalue weighted by Crippen LogP contribution is -2.47. The molecule has 2 aromatic rings. The van der Waals surface area contributed by atoms with E-state index in [-0.39, 0.29) is 17.2 Å². The molecule has 1 aliphatic heterocycles. The molecule has 1 aromatic heterocycles. The van der Waals surface area contributed by atoms with Crippen molar-refractivity contribution in [2.75, 3.05) is 58.7 Å². The number of piperazine rings is 1. The van der Waals surface area contributed by atoms with Gasteiger partial charge in [-0.25, -0.2) is 18.1 Å². The van der Waals surface area contributed by atoms with Crippen LogP contribution in [-0.2, 0) is 10.5 Å². The minimum absolute atomic E-state index is 0.0976. The van der Waals surface area contributed by atoms with Crippen LogP contribution in [0, 0.1) is 11.6 Å². The van der Waals surface area contributed by atoms with Crippen LogP contribution in [0.2, 0.25) is 0 Å². The SMILES string of the molecule is COc1cc(NSN2CCN(CC(=O)N(C)C)CC2)nc(SCc2cccc(F)c2F)n1. The van der Waals surface area contributed by atoms with Gasteiger partial charge in [-0.05, 0) is 6.07 Å². The molecule has 1 aliphatic rings. The van der Waals surface area contributed by atoms with E-state index < -0.39 is 11.6 Å². The zero-order valence-electron chi connectivity index (χ0n) is 18.2. The van der Waals surface area contributed by atoms with Crippen molar-refractivity contribution in [3.63, 3.8) is 0 Å². The molecule has 2 heterocycles. The molecule has 0 aliphatic carbocycles. The summed E-state index contributed by atoms with van der Waals surface area (Å²) in [7, 11) is 5.03. The van der Waals surface area contributed by atoms with Gasteiger partial charge in [-0.1, -0.05) is 23.9 Å². The molecular weight excluding hydrogens is 458 g/mol. The Morgan fingerprint density at radius 1 is 1.22 bits per heavy atom. The molecule has 174 valence electrons. The molecule has 0 atom stereocenters. The molecule has 0 radical (unpaired) electrons. The molecule has 1 fully saturated rings. The van der Waals surface area contributed by atoms with Crippen LogP contribution >= 0.6 is 23.9 Å². The van der Waals surface area contributed by atoms with Crippen molar-refractivity contribution in [1.29, 1.82) is 0 Å². The highest BCUT2D eigenvalue weighted by Crippen LogP contribution is 2.27. The molecule has 32 heavy (non-hydrogen) atoms. The number of carbonyl (C=O) groups excluding carboxylic acids is 1. The van der Waals surface area contributed by atoms with E-state index in [1.165, 1.54) is 43.1 Å². The number of benzene rings is 1. The van der Waals surface area contributed by atoms with Crippen LogP contribution in [0.5, 0.6) is 5.88 Å². The summed E-state index contributed by atoms with van der Waals surface area (Å²) in [6.07, 6.45) is 0. The third-order valence-corrected chi connectivity index (χ3v) is 6.57. The molecule has 1 aromatic carbocycles. The van der Waals surface area contributed by atoms with E-state index in [1.54, 1.807) is 25.1 Å². The normalized spacial score (nSPS) is 14.9. The predicted octanol–water partition coefficient (Wildman–Crippen LogP) is 2.74. The van der Waals surface area contributed by atoms with Crippen molar-refractivity contribution in [3.05, 3.63) is 41.5 Å². The number of halogens is 2. The number of carbonyl (C=O) groups is 1. The van der Waals surface area contributed by atoms with E-state index in [9.17, 15) is 13.6 Å². The summed E-state index contributed by atoms with van der Waals surface area (Å²) in [5, 5.41) is 0.392. The van der Waals surface area contributed by atoms with Gasteiger partial charge in [0.2, 0.25) is 11.8 Å².